The van der Waals surface area contributed by atoms with Crippen LogP contribution in [0.2, 0.25) is 0 Å². The van der Waals surface area contributed by atoms with Crippen molar-refractivity contribution < 1.29 is 18.1 Å². The first-order valence-electron chi connectivity index (χ1n) is 5.47. The third-order valence-corrected chi connectivity index (χ3v) is 4.35. The topological polar surface area (TPSA) is 118 Å². The molecule has 0 amide bonds. The van der Waals surface area contributed by atoms with Gasteiger partial charge in [-0.15, -0.1) is 11.3 Å². The van der Waals surface area contributed by atoms with E-state index in [0.29, 0.717) is 22.9 Å². The van der Waals surface area contributed by atoms with Gasteiger partial charge in [0.25, 0.3) is 0 Å². The van der Waals surface area contributed by atoms with Gasteiger partial charge >= 0.3 is 0 Å². The maximum atomic E-state index is 11.9. The summed E-state index contributed by atoms with van der Waals surface area (Å²) < 4.78 is 31.0. The number of sulfonamides is 1. The van der Waals surface area contributed by atoms with Crippen molar-refractivity contribution in [1.82, 2.24) is 10.1 Å². The van der Waals surface area contributed by atoms with Crippen LogP contribution in [-0.2, 0) is 15.8 Å². The molecule has 2 rings (SSSR count). The molecule has 0 atom stereocenters. The molecular weight excluding hydrogens is 304 g/mol. The second kappa shape index (κ2) is 5.59. The molecule has 2 N–H and O–H groups in total. The van der Waals surface area contributed by atoms with Crippen LogP contribution in [0.5, 0.6) is 0 Å². The van der Waals surface area contributed by atoms with Crippen LogP contribution in [0.4, 0.5) is 5.13 Å². The van der Waals surface area contributed by atoms with E-state index in [1.165, 1.54) is 0 Å². The molecule has 20 heavy (non-hydrogen) atoms. The van der Waals surface area contributed by atoms with Gasteiger partial charge in [0.1, 0.15) is 28.6 Å². The molecule has 0 aromatic carbocycles. The average molecular weight is 316 g/mol. The van der Waals surface area contributed by atoms with Crippen molar-refractivity contribution in [2.45, 2.75) is 19.6 Å². The maximum absolute atomic E-state index is 11.9. The van der Waals surface area contributed by atoms with Crippen molar-refractivity contribution in [3.05, 3.63) is 28.6 Å². The second-order valence-corrected chi connectivity index (χ2v) is 6.59. The molecule has 0 saturated heterocycles. The number of nitrogens with one attached hydrogen (secondary N) is 1. The summed E-state index contributed by atoms with van der Waals surface area (Å²) >= 11 is 1.10. The van der Waals surface area contributed by atoms with Gasteiger partial charge in [-0.05, 0) is 13.8 Å². The van der Waals surface area contributed by atoms with E-state index in [9.17, 15) is 8.42 Å². The molecule has 0 bridgehead atoms. The van der Waals surface area contributed by atoms with Crippen LogP contribution in [0.15, 0.2) is 21.1 Å². The Bertz CT molecular complexity index is 732. The van der Waals surface area contributed by atoms with E-state index in [0.717, 1.165) is 11.3 Å². The largest absolute Gasteiger partial charge is 0.411 e. The van der Waals surface area contributed by atoms with Crippen LogP contribution in [0, 0.1) is 6.92 Å². The van der Waals surface area contributed by atoms with Gasteiger partial charge < -0.3 is 9.73 Å². The van der Waals surface area contributed by atoms with Crippen LogP contribution < -0.4 is 4.72 Å². The zero-order chi connectivity index (χ0) is 14.8. The lowest BCUT2D eigenvalue weighted by molar-refractivity contribution is 0.319. The fourth-order valence-corrected chi connectivity index (χ4v) is 3.47. The minimum atomic E-state index is -3.62. The predicted octanol–water partition coefficient (Wildman–Crippen LogP) is 1.58. The number of anilines is 1. The lowest BCUT2D eigenvalue weighted by atomic mass is 10.3. The fraction of sp³-hybridized carbons (Fsp3) is 0.300. The molecule has 2 heterocycles. The Hall–Kier alpha value is -1.94. The first-order chi connectivity index (χ1) is 9.39. The molecule has 108 valence electrons. The molecule has 0 aliphatic rings. The fourth-order valence-electron chi connectivity index (χ4n) is 1.39. The smallest absolute Gasteiger partial charge is 0.240 e. The molecule has 0 aliphatic carbocycles. The second-order valence-electron chi connectivity index (χ2n) is 4.01. The van der Waals surface area contributed by atoms with Crippen molar-refractivity contribution in [3.63, 3.8) is 0 Å². The number of aromatic nitrogens is 2. The summed E-state index contributed by atoms with van der Waals surface area (Å²) in [5.41, 5.74) is 1.03. The summed E-state index contributed by atoms with van der Waals surface area (Å²) in [6.45, 7) is 3.24. The van der Waals surface area contributed by atoms with Crippen LogP contribution in [0.25, 0.3) is 0 Å². The molecule has 0 saturated carbocycles. The quantitative estimate of drug-likeness (QED) is 0.491. The molecule has 0 unspecified atom stereocenters. The Balaban J connectivity index is 2.10. The summed E-state index contributed by atoms with van der Waals surface area (Å²) in [7, 11) is -3.62. The molecule has 8 nitrogen and oxygen atoms in total. The van der Waals surface area contributed by atoms with E-state index in [2.05, 4.69) is 20.0 Å². The number of rotatable bonds is 5. The van der Waals surface area contributed by atoms with E-state index in [1.807, 2.05) is 0 Å². The number of nitrogens with zero attached hydrogens (tertiary/aromatic N) is 3. The first-order valence-corrected chi connectivity index (χ1v) is 8.00. The zero-order valence-electron chi connectivity index (χ0n) is 10.7. The third-order valence-electron chi connectivity index (χ3n) is 2.28. The van der Waals surface area contributed by atoms with E-state index in [-0.39, 0.29) is 10.9 Å². The summed E-state index contributed by atoms with van der Waals surface area (Å²) in [5.74, 6) is 0.244. The van der Waals surface area contributed by atoms with Gasteiger partial charge in [-0.25, -0.2) is 13.4 Å². The number of hydrogen-bond donors (Lipinski definition) is 2. The molecule has 2 aromatic heterocycles. The van der Waals surface area contributed by atoms with E-state index >= 15 is 0 Å². The summed E-state index contributed by atoms with van der Waals surface area (Å²) in [5, 5.41) is 17.0. The highest BCUT2D eigenvalue weighted by Crippen LogP contribution is 2.18. The highest BCUT2D eigenvalue weighted by Gasteiger charge is 2.17. The Morgan fingerprint density at radius 3 is 2.95 bits per heavy atom. The van der Waals surface area contributed by atoms with Gasteiger partial charge in [-0.3, -0.25) is 4.72 Å². The standard InChI is InChI=1S/C10H12N4O4S2/c1-6-3-8(13-18-6)5-20(16,17)14-10-11-9(4-19-10)7(2)12-15/h3-4,15H,5H2,1-2H3,(H,11,14). The highest BCUT2D eigenvalue weighted by molar-refractivity contribution is 7.92. The van der Waals surface area contributed by atoms with Crippen molar-refractivity contribution in [2.24, 2.45) is 5.16 Å². The molecular formula is C10H12N4O4S2. The molecule has 0 fully saturated rings. The van der Waals surface area contributed by atoms with Crippen LogP contribution >= 0.6 is 11.3 Å². The Morgan fingerprint density at radius 1 is 1.60 bits per heavy atom. The van der Waals surface area contributed by atoms with Crippen molar-refractivity contribution >= 4 is 32.2 Å². The Morgan fingerprint density at radius 2 is 2.35 bits per heavy atom. The first kappa shape index (κ1) is 14.5. The average Bonchev–Trinajstić information content (AvgIpc) is 2.97. The number of thiazole rings is 1. The minimum Gasteiger partial charge on any atom is -0.411 e. The van der Waals surface area contributed by atoms with Crippen molar-refractivity contribution in [1.29, 1.82) is 0 Å². The highest BCUT2D eigenvalue weighted by atomic mass is 32.2. The van der Waals surface area contributed by atoms with Crippen LogP contribution in [-0.4, -0.2) is 29.5 Å². The number of aryl methyl sites for hydroxylation is 1. The summed E-state index contributed by atoms with van der Waals surface area (Å²) in [6, 6.07) is 1.55. The van der Waals surface area contributed by atoms with Gasteiger partial charge in [0.05, 0.1) is 0 Å². The molecule has 2 aromatic rings. The summed E-state index contributed by atoms with van der Waals surface area (Å²) in [4.78, 5) is 4.01. The van der Waals surface area contributed by atoms with Gasteiger partial charge in [0.15, 0.2) is 5.13 Å². The monoisotopic (exact) mass is 316 g/mol. The normalized spacial score (nSPS) is 12.6. The Kier molecular flexibility index (Phi) is 4.04. The van der Waals surface area contributed by atoms with Gasteiger partial charge in [0, 0.05) is 11.4 Å². The SMILES string of the molecule is CC(=NO)c1csc(NS(=O)(=O)Cc2cc(C)on2)n1. The van der Waals surface area contributed by atoms with Gasteiger partial charge in [-0.1, -0.05) is 10.3 Å². The molecule has 0 aliphatic heterocycles. The summed E-state index contributed by atoms with van der Waals surface area (Å²) in [6.07, 6.45) is 0. The van der Waals surface area contributed by atoms with Crippen LogP contribution in [0.3, 0.4) is 0 Å². The van der Waals surface area contributed by atoms with E-state index in [1.54, 1.807) is 25.3 Å². The van der Waals surface area contributed by atoms with E-state index < -0.39 is 10.0 Å². The maximum Gasteiger partial charge on any atom is 0.240 e. The zero-order valence-corrected chi connectivity index (χ0v) is 12.3. The van der Waals surface area contributed by atoms with E-state index in [4.69, 9.17) is 9.73 Å². The Labute approximate surface area is 119 Å². The molecule has 10 heteroatoms. The van der Waals surface area contributed by atoms with Gasteiger partial charge in [-0.2, -0.15) is 0 Å². The third kappa shape index (κ3) is 3.54. The van der Waals surface area contributed by atoms with Gasteiger partial charge in [0.2, 0.25) is 10.0 Å². The van der Waals surface area contributed by atoms with Crippen molar-refractivity contribution in [2.75, 3.05) is 4.72 Å². The molecule has 0 radical (unpaired) electrons. The number of oxime groups is 1. The van der Waals surface area contributed by atoms with Crippen LogP contribution in [0.1, 0.15) is 24.1 Å². The lowest BCUT2D eigenvalue weighted by Gasteiger charge is -2.02. The molecule has 0 spiro atoms. The number of hydrogen-bond acceptors (Lipinski definition) is 8. The predicted molar refractivity (Wildman–Crippen MR) is 73.6 cm³/mol. The minimum absolute atomic E-state index is 0.197. The lowest BCUT2D eigenvalue weighted by Crippen LogP contribution is -2.15. The van der Waals surface area contributed by atoms with Crippen molar-refractivity contribution in [3.8, 4) is 0 Å².